The van der Waals surface area contributed by atoms with Crippen LogP contribution in [0.3, 0.4) is 0 Å². The quantitative estimate of drug-likeness (QED) is 0.858. The fourth-order valence-electron chi connectivity index (χ4n) is 2.43. The van der Waals surface area contributed by atoms with Gasteiger partial charge in [-0.1, -0.05) is 6.42 Å². The maximum absolute atomic E-state index is 4.44. The lowest BCUT2D eigenvalue weighted by molar-refractivity contribution is 0.709. The highest BCUT2D eigenvalue weighted by molar-refractivity contribution is 7.07. The van der Waals surface area contributed by atoms with Gasteiger partial charge >= 0.3 is 0 Å². The van der Waals surface area contributed by atoms with Crippen molar-refractivity contribution in [3.8, 4) is 0 Å². The number of aromatic nitrogens is 2. The molecule has 18 heavy (non-hydrogen) atoms. The Hall–Kier alpha value is -1.42. The summed E-state index contributed by atoms with van der Waals surface area (Å²) in [6.07, 6.45) is 7.73. The summed E-state index contributed by atoms with van der Waals surface area (Å²) in [5.41, 5.74) is 3.90. The van der Waals surface area contributed by atoms with Crippen LogP contribution in [0, 0.1) is 0 Å². The molecule has 0 spiro atoms. The van der Waals surface area contributed by atoms with Gasteiger partial charge in [-0.15, -0.1) is 0 Å². The van der Waals surface area contributed by atoms with Crippen LogP contribution in [0.15, 0.2) is 23.2 Å². The van der Waals surface area contributed by atoms with Crippen LogP contribution in [0.5, 0.6) is 0 Å². The van der Waals surface area contributed by atoms with Gasteiger partial charge in [-0.25, -0.2) is 9.97 Å². The molecule has 0 atom stereocenters. The summed E-state index contributed by atoms with van der Waals surface area (Å²) in [6, 6.07) is 2.15. The molecule has 3 nitrogen and oxygen atoms in total. The standard InChI is InChI=1S/C14H17N3S/c1-2-4-12-13(5-3-1)16-10-17-14(12)15-8-11-6-7-18-9-11/h6-7,9-10H,1-5,8H2,(H,15,16,17). The van der Waals surface area contributed by atoms with Gasteiger partial charge in [0.05, 0.1) is 0 Å². The van der Waals surface area contributed by atoms with Gasteiger partial charge in [0, 0.05) is 17.8 Å². The van der Waals surface area contributed by atoms with Gasteiger partial charge in [0.2, 0.25) is 0 Å². The van der Waals surface area contributed by atoms with Crippen molar-refractivity contribution in [2.45, 2.75) is 38.6 Å². The summed E-state index contributed by atoms with van der Waals surface area (Å²) < 4.78 is 0. The van der Waals surface area contributed by atoms with E-state index < -0.39 is 0 Å². The Balaban J connectivity index is 1.79. The zero-order valence-electron chi connectivity index (χ0n) is 10.4. The first-order valence-corrected chi connectivity index (χ1v) is 7.45. The second-order valence-corrected chi connectivity index (χ2v) is 5.47. The van der Waals surface area contributed by atoms with E-state index in [9.17, 15) is 0 Å². The van der Waals surface area contributed by atoms with Crippen LogP contribution in [0.2, 0.25) is 0 Å². The van der Waals surface area contributed by atoms with Crippen molar-refractivity contribution < 1.29 is 0 Å². The summed E-state index contributed by atoms with van der Waals surface area (Å²) >= 11 is 1.73. The SMILES string of the molecule is c1nc2c(c(NCc3ccsc3)n1)CCCCC2. The van der Waals surface area contributed by atoms with Gasteiger partial charge in [-0.3, -0.25) is 0 Å². The second-order valence-electron chi connectivity index (χ2n) is 4.69. The minimum absolute atomic E-state index is 0.854. The predicted molar refractivity (Wildman–Crippen MR) is 74.9 cm³/mol. The lowest BCUT2D eigenvalue weighted by atomic mass is 10.1. The summed E-state index contributed by atoms with van der Waals surface area (Å²) in [6.45, 7) is 0.854. The summed E-state index contributed by atoms with van der Waals surface area (Å²) in [4.78, 5) is 8.85. The molecule has 0 saturated heterocycles. The molecule has 0 amide bonds. The lowest BCUT2D eigenvalue weighted by Gasteiger charge is -2.11. The van der Waals surface area contributed by atoms with E-state index in [1.807, 2.05) is 0 Å². The first-order chi connectivity index (χ1) is 8.93. The molecule has 0 fully saturated rings. The molecule has 0 unspecified atom stereocenters. The Kier molecular flexibility index (Phi) is 3.55. The molecule has 0 radical (unpaired) electrons. The van der Waals surface area contributed by atoms with E-state index >= 15 is 0 Å². The number of nitrogens with one attached hydrogen (secondary N) is 1. The van der Waals surface area contributed by atoms with Crippen LogP contribution in [0.25, 0.3) is 0 Å². The number of thiophene rings is 1. The van der Waals surface area contributed by atoms with E-state index in [1.54, 1.807) is 17.7 Å². The van der Waals surface area contributed by atoms with Crippen molar-refractivity contribution in [2.24, 2.45) is 0 Å². The Bertz CT molecular complexity index is 508. The third-order valence-corrected chi connectivity index (χ3v) is 4.15. The number of anilines is 1. The van der Waals surface area contributed by atoms with Crippen molar-refractivity contribution in [2.75, 3.05) is 5.32 Å². The number of aryl methyl sites for hydroxylation is 1. The Labute approximate surface area is 111 Å². The van der Waals surface area contributed by atoms with Crippen LogP contribution in [0.1, 0.15) is 36.1 Å². The molecule has 0 saturated carbocycles. The van der Waals surface area contributed by atoms with Gasteiger partial charge < -0.3 is 5.32 Å². The predicted octanol–water partition coefficient (Wildman–Crippen LogP) is 3.42. The van der Waals surface area contributed by atoms with Crippen LogP contribution in [-0.2, 0) is 19.4 Å². The highest BCUT2D eigenvalue weighted by Crippen LogP contribution is 2.24. The van der Waals surface area contributed by atoms with Crippen molar-refractivity contribution in [3.05, 3.63) is 40.0 Å². The zero-order valence-corrected chi connectivity index (χ0v) is 11.2. The highest BCUT2D eigenvalue weighted by atomic mass is 32.1. The molecule has 94 valence electrons. The Morgan fingerprint density at radius 2 is 2.11 bits per heavy atom. The van der Waals surface area contributed by atoms with Crippen molar-refractivity contribution >= 4 is 17.2 Å². The number of nitrogens with zero attached hydrogens (tertiary/aromatic N) is 2. The van der Waals surface area contributed by atoms with Gasteiger partial charge in [0.15, 0.2) is 0 Å². The molecule has 0 aromatic carbocycles. The molecule has 2 aromatic heterocycles. The molecule has 1 aliphatic carbocycles. The van der Waals surface area contributed by atoms with Gasteiger partial charge in [0.1, 0.15) is 12.1 Å². The molecular weight excluding hydrogens is 242 g/mol. The van der Waals surface area contributed by atoms with Crippen LogP contribution >= 0.6 is 11.3 Å². The molecule has 0 aliphatic heterocycles. The van der Waals surface area contributed by atoms with E-state index in [1.165, 1.54) is 36.1 Å². The van der Waals surface area contributed by atoms with Gasteiger partial charge in [0.25, 0.3) is 0 Å². The third kappa shape index (κ3) is 2.53. The smallest absolute Gasteiger partial charge is 0.133 e. The second kappa shape index (κ2) is 5.48. The maximum Gasteiger partial charge on any atom is 0.133 e. The number of hydrogen-bond acceptors (Lipinski definition) is 4. The highest BCUT2D eigenvalue weighted by Gasteiger charge is 2.13. The topological polar surface area (TPSA) is 37.8 Å². The van der Waals surface area contributed by atoms with Crippen molar-refractivity contribution in [1.29, 1.82) is 0 Å². The number of fused-ring (bicyclic) bond motifs is 1. The minimum atomic E-state index is 0.854. The summed E-state index contributed by atoms with van der Waals surface area (Å²) in [5.74, 6) is 1.04. The van der Waals surface area contributed by atoms with Crippen LogP contribution in [-0.4, -0.2) is 9.97 Å². The maximum atomic E-state index is 4.44. The van der Waals surface area contributed by atoms with Crippen molar-refractivity contribution in [3.63, 3.8) is 0 Å². The lowest BCUT2D eigenvalue weighted by Crippen LogP contribution is -2.07. The first-order valence-electron chi connectivity index (χ1n) is 6.51. The molecule has 1 aliphatic rings. The van der Waals surface area contributed by atoms with E-state index in [0.717, 1.165) is 25.2 Å². The van der Waals surface area contributed by atoms with Gasteiger partial charge in [-0.05, 0) is 48.1 Å². The molecule has 2 aromatic rings. The number of hydrogen-bond donors (Lipinski definition) is 1. The molecule has 4 heteroatoms. The van der Waals surface area contributed by atoms with Crippen LogP contribution in [0.4, 0.5) is 5.82 Å². The fourth-order valence-corrected chi connectivity index (χ4v) is 3.10. The third-order valence-electron chi connectivity index (χ3n) is 3.42. The van der Waals surface area contributed by atoms with E-state index in [-0.39, 0.29) is 0 Å². The molecule has 1 N–H and O–H groups in total. The van der Waals surface area contributed by atoms with E-state index in [2.05, 4.69) is 32.1 Å². The average Bonchev–Trinajstić information content (AvgIpc) is 2.79. The Morgan fingerprint density at radius 1 is 1.17 bits per heavy atom. The molecular formula is C14H17N3S. The first kappa shape index (κ1) is 11.7. The van der Waals surface area contributed by atoms with Gasteiger partial charge in [-0.2, -0.15) is 11.3 Å². The number of rotatable bonds is 3. The molecule has 2 heterocycles. The largest absolute Gasteiger partial charge is 0.366 e. The van der Waals surface area contributed by atoms with Crippen molar-refractivity contribution in [1.82, 2.24) is 9.97 Å². The van der Waals surface area contributed by atoms with E-state index in [4.69, 9.17) is 0 Å². The Morgan fingerprint density at radius 3 is 3.00 bits per heavy atom. The normalized spacial score (nSPS) is 14.9. The summed E-state index contributed by atoms with van der Waals surface area (Å²) in [7, 11) is 0. The minimum Gasteiger partial charge on any atom is -0.366 e. The zero-order chi connectivity index (χ0) is 12.2. The fraction of sp³-hybridized carbons (Fsp3) is 0.429. The summed E-state index contributed by atoms with van der Waals surface area (Å²) in [5, 5.41) is 7.74. The van der Waals surface area contributed by atoms with Crippen LogP contribution < -0.4 is 5.32 Å². The molecule has 0 bridgehead atoms. The average molecular weight is 259 g/mol. The van der Waals surface area contributed by atoms with E-state index in [0.29, 0.717) is 0 Å². The molecule has 3 rings (SSSR count). The monoisotopic (exact) mass is 259 g/mol.